The number of hydrogen-bond acceptors (Lipinski definition) is 6. The van der Waals surface area contributed by atoms with Crippen LogP contribution in [0.2, 0.25) is 5.02 Å². The molecule has 0 saturated heterocycles. The SMILES string of the molecule is Cc1c(N(c2ccc(Br)cc2)c2ccccc2Cl)c(C(=O)NOCCO)nn(C)c1=O. The number of carbonyl (C=O) groups is 1. The van der Waals surface area contributed by atoms with Gasteiger partial charge in [0.1, 0.15) is 0 Å². The summed E-state index contributed by atoms with van der Waals surface area (Å²) in [6.07, 6.45) is 0. The van der Waals surface area contributed by atoms with Crippen molar-refractivity contribution in [2.45, 2.75) is 6.92 Å². The van der Waals surface area contributed by atoms with Gasteiger partial charge in [0, 0.05) is 22.8 Å². The van der Waals surface area contributed by atoms with E-state index in [-0.39, 0.29) is 30.2 Å². The second-order valence-corrected chi connectivity index (χ2v) is 7.84. The minimum atomic E-state index is -0.670. The van der Waals surface area contributed by atoms with Gasteiger partial charge in [-0.05, 0) is 43.3 Å². The second kappa shape index (κ2) is 10.1. The Hall–Kier alpha value is -2.72. The molecule has 31 heavy (non-hydrogen) atoms. The van der Waals surface area contributed by atoms with Crippen LogP contribution in [0.15, 0.2) is 57.8 Å². The summed E-state index contributed by atoms with van der Waals surface area (Å²) in [4.78, 5) is 32.3. The van der Waals surface area contributed by atoms with Gasteiger partial charge in [-0.15, -0.1) is 0 Å². The van der Waals surface area contributed by atoms with Gasteiger partial charge in [-0.1, -0.05) is 39.7 Å². The lowest BCUT2D eigenvalue weighted by atomic mass is 10.1. The van der Waals surface area contributed by atoms with Gasteiger partial charge >= 0.3 is 0 Å². The van der Waals surface area contributed by atoms with E-state index >= 15 is 0 Å². The van der Waals surface area contributed by atoms with E-state index in [2.05, 4.69) is 26.5 Å². The smallest absolute Gasteiger partial charge is 0.297 e. The van der Waals surface area contributed by atoms with Gasteiger partial charge in [0.2, 0.25) is 0 Å². The highest BCUT2D eigenvalue weighted by Gasteiger charge is 2.27. The molecule has 3 aromatic rings. The lowest BCUT2D eigenvalue weighted by Gasteiger charge is -2.29. The summed E-state index contributed by atoms with van der Waals surface area (Å²) in [7, 11) is 1.46. The fraction of sp³-hybridized carbons (Fsp3) is 0.190. The zero-order valence-corrected chi connectivity index (χ0v) is 19.1. The molecule has 0 spiro atoms. The Kier molecular flexibility index (Phi) is 7.45. The van der Waals surface area contributed by atoms with Crippen molar-refractivity contribution >= 4 is 50.5 Å². The number of nitrogens with one attached hydrogen (secondary N) is 1. The summed E-state index contributed by atoms with van der Waals surface area (Å²) < 4.78 is 1.95. The third-order valence-electron chi connectivity index (χ3n) is 4.42. The molecule has 2 N–H and O–H groups in total. The molecule has 0 aliphatic heterocycles. The molecule has 0 saturated carbocycles. The summed E-state index contributed by atoms with van der Waals surface area (Å²) in [5.74, 6) is -0.670. The highest BCUT2D eigenvalue weighted by Crippen LogP contribution is 2.40. The summed E-state index contributed by atoms with van der Waals surface area (Å²) >= 11 is 9.92. The van der Waals surface area contributed by atoms with Crippen molar-refractivity contribution in [3.63, 3.8) is 0 Å². The van der Waals surface area contributed by atoms with Gasteiger partial charge in [-0.25, -0.2) is 10.2 Å². The molecule has 0 aliphatic carbocycles. The van der Waals surface area contributed by atoms with Crippen LogP contribution in [0.1, 0.15) is 16.1 Å². The number of aliphatic hydroxyl groups excluding tert-OH is 1. The number of rotatable bonds is 7. The van der Waals surface area contributed by atoms with Crippen LogP contribution in [0.3, 0.4) is 0 Å². The number of aromatic nitrogens is 2. The van der Waals surface area contributed by atoms with Crippen LogP contribution in [0, 0.1) is 6.92 Å². The van der Waals surface area contributed by atoms with Crippen molar-refractivity contribution in [1.82, 2.24) is 15.3 Å². The molecule has 1 heterocycles. The fourth-order valence-corrected chi connectivity index (χ4v) is 3.50. The number of hydroxylamine groups is 1. The minimum absolute atomic E-state index is 0.0413. The van der Waals surface area contributed by atoms with Crippen LogP contribution in [-0.2, 0) is 11.9 Å². The Labute approximate surface area is 192 Å². The van der Waals surface area contributed by atoms with Gasteiger partial charge in [-0.3, -0.25) is 14.4 Å². The van der Waals surface area contributed by atoms with Crippen molar-refractivity contribution < 1.29 is 14.7 Å². The van der Waals surface area contributed by atoms with E-state index in [0.717, 1.165) is 9.15 Å². The van der Waals surface area contributed by atoms with E-state index in [4.69, 9.17) is 21.5 Å². The van der Waals surface area contributed by atoms with Crippen molar-refractivity contribution in [2.24, 2.45) is 7.05 Å². The number of aliphatic hydroxyl groups is 1. The number of aryl methyl sites for hydroxylation is 1. The number of anilines is 3. The first-order valence-corrected chi connectivity index (χ1v) is 10.4. The van der Waals surface area contributed by atoms with Crippen molar-refractivity contribution in [2.75, 3.05) is 18.1 Å². The maximum Gasteiger partial charge on any atom is 0.297 e. The molecule has 0 unspecified atom stereocenters. The molecule has 0 radical (unpaired) electrons. The van der Waals surface area contributed by atoms with Crippen molar-refractivity contribution in [1.29, 1.82) is 0 Å². The molecule has 2 aromatic carbocycles. The first kappa shape index (κ1) is 23.0. The number of nitrogens with zero attached hydrogens (tertiary/aromatic N) is 3. The fourth-order valence-electron chi connectivity index (χ4n) is 3.01. The third-order valence-corrected chi connectivity index (χ3v) is 5.27. The minimum Gasteiger partial charge on any atom is -0.394 e. The average molecular weight is 508 g/mol. The average Bonchev–Trinajstić information content (AvgIpc) is 2.76. The largest absolute Gasteiger partial charge is 0.394 e. The van der Waals surface area contributed by atoms with Crippen LogP contribution < -0.4 is 15.9 Å². The number of benzene rings is 2. The number of halogens is 2. The van der Waals surface area contributed by atoms with Crippen molar-refractivity contribution in [3.8, 4) is 0 Å². The normalized spacial score (nSPS) is 10.7. The Morgan fingerprint density at radius 1 is 1.26 bits per heavy atom. The quantitative estimate of drug-likeness (QED) is 0.374. The van der Waals surface area contributed by atoms with Crippen LogP contribution >= 0.6 is 27.5 Å². The second-order valence-electron chi connectivity index (χ2n) is 6.52. The van der Waals surface area contributed by atoms with Gasteiger partial charge in [0.15, 0.2) is 5.69 Å². The van der Waals surface area contributed by atoms with Crippen LogP contribution in [-0.4, -0.2) is 34.0 Å². The molecule has 0 atom stereocenters. The predicted molar refractivity (Wildman–Crippen MR) is 122 cm³/mol. The van der Waals surface area contributed by atoms with E-state index in [9.17, 15) is 9.59 Å². The van der Waals surface area contributed by atoms with E-state index in [1.165, 1.54) is 7.05 Å². The summed E-state index contributed by atoms with van der Waals surface area (Å²) in [5, 5.41) is 13.5. The van der Waals surface area contributed by atoms with E-state index < -0.39 is 5.91 Å². The van der Waals surface area contributed by atoms with E-state index in [1.807, 2.05) is 24.3 Å². The van der Waals surface area contributed by atoms with Crippen LogP contribution in [0.4, 0.5) is 17.1 Å². The lowest BCUT2D eigenvalue weighted by molar-refractivity contribution is 0.0164. The molecule has 3 rings (SSSR count). The van der Waals surface area contributed by atoms with Crippen molar-refractivity contribution in [3.05, 3.63) is 79.6 Å². The molecule has 10 heteroatoms. The highest BCUT2D eigenvalue weighted by atomic mass is 79.9. The van der Waals surface area contributed by atoms with Gasteiger partial charge in [0.25, 0.3) is 11.5 Å². The molecule has 1 aromatic heterocycles. The molecule has 8 nitrogen and oxygen atoms in total. The molecular formula is C21H20BrClN4O4. The summed E-state index contributed by atoms with van der Waals surface area (Å²) in [5.41, 5.74) is 3.64. The number of para-hydroxylation sites is 1. The number of hydrogen-bond donors (Lipinski definition) is 2. The van der Waals surface area contributed by atoms with Gasteiger partial charge < -0.3 is 10.0 Å². The first-order valence-electron chi connectivity index (χ1n) is 9.26. The lowest BCUT2D eigenvalue weighted by Crippen LogP contribution is -2.34. The summed E-state index contributed by atoms with van der Waals surface area (Å²) in [6.45, 7) is 1.26. The first-order chi connectivity index (χ1) is 14.8. The topological polar surface area (TPSA) is 96.7 Å². The number of amides is 1. The maximum absolute atomic E-state index is 12.9. The van der Waals surface area contributed by atoms with Gasteiger partial charge in [0.05, 0.1) is 29.6 Å². The van der Waals surface area contributed by atoms with Gasteiger partial charge in [-0.2, -0.15) is 5.10 Å². The molecule has 1 amide bonds. The zero-order valence-electron chi connectivity index (χ0n) is 16.8. The number of carbonyl (C=O) groups excluding carboxylic acids is 1. The molecule has 0 aliphatic rings. The molecule has 0 bridgehead atoms. The Morgan fingerprint density at radius 3 is 2.58 bits per heavy atom. The molecular weight excluding hydrogens is 488 g/mol. The van der Waals surface area contributed by atoms with E-state index in [0.29, 0.717) is 22.0 Å². The molecule has 0 fully saturated rings. The predicted octanol–water partition coefficient (Wildman–Crippen LogP) is 3.63. The van der Waals surface area contributed by atoms with E-state index in [1.54, 1.807) is 36.1 Å². The monoisotopic (exact) mass is 506 g/mol. The summed E-state index contributed by atoms with van der Waals surface area (Å²) in [6, 6.07) is 14.4. The highest BCUT2D eigenvalue weighted by molar-refractivity contribution is 9.10. The van der Waals surface area contributed by atoms with Crippen LogP contribution in [0.25, 0.3) is 0 Å². The Morgan fingerprint density at radius 2 is 1.94 bits per heavy atom. The maximum atomic E-state index is 12.9. The Bertz CT molecular complexity index is 1150. The molecule has 162 valence electrons. The zero-order chi connectivity index (χ0) is 22.5. The standard InChI is InChI=1S/C21H20BrClN4O4/c1-13-19(18(24-26(2)21(13)30)20(29)25-31-12-11-28)27(15-9-7-14(22)8-10-15)17-6-4-3-5-16(17)23/h3-10,28H,11-12H2,1-2H3,(H,25,29). The third kappa shape index (κ3) is 4.96. The Balaban J connectivity index is 2.29. The van der Waals surface area contributed by atoms with Crippen LogP contribution in [0.5, 0.6) is 0 Å².